The monoisotopic (exact) mass is 281 g/mol. The van der Waals surface area contributed by atoms with Crippen molar-refractivity contribution in [3.05, 3.63) is 48.0 Å². The molecule has 0 aliphatic carbocycles. The van der Waals surface area contributed by atoms with Crippen molar-refractivity contribution < 1.29 is 12.8 Å². The summed E-state index contributed by atoms with van der Waals surface area (Å²) in [7, 11) is -4.07. The Hall–Kier alpha value is -2.15. The second-order valence-electron chi connectivity index (χ2n) is 3.95. The van der Waals surface area contributed by atoms with Gasteiger partial charge in [-0.15, -0.1) is 0 Å². The van der Waals surface area contributed by atoms with Crippen LogP contribution >= 0.6 is 0 Å². The van der Waals surface area contributed by atoms with Crippen molar-refractivity contribution in [3.63, 3.8) is 0 Å². The molecule has 0 fully saturated rings. The first kappa shape index (κ1) is 13.3. The summed E-state index contributed by atoms with van der Waals surface area (Å²) in [4.78, 5) is 3.30. The van der Waals surface area contributed by atoms with E-state index >= 15 is 0 Å². The molecule has 1 heterocycles. The fourth-order valence-corrected chi connectivity index (χ4v) is 2.92. The Morgan fingerprint density at radius 3 is 2.68 bits per heavy atom. The van der Waals surface area contributed by atoms with E-state index in [0.717, 1.165) is 6.07 Å². The predicted molar refractivity (Wildman–Crippen MR) is 70.6 cm³/mol. The molecule has 0 spiro atoms. The highest BCUT2D eigenvalue weighted by Gasteiger charge is 2.22. The summed E-state index contributed by atoms with van der Waals surface area (Å²) in [5.74, 6) is -0.890. The van der Waals surface area contributed by atoms with Gasteiger partial charge in [0, 0.05) is 12.4 Å². The molecule has 100 valence electrons. The SMILES string of the molecule is Cc1cnccc1NS(=O)(=O)c1c(N)cccc1F. The lowest BCUT2D eigenvalue weighted by molar-refractivity contribution is 0.572. The molecule has 2 rings (SSSR count). The predicted octanol–water partition coefficient (Wildman–Crippen LogP) is 1.91. The summed E-state index contributed by atoms with van der Waals surface area (Å²) in [6.45, 7) is 1.69. The minimum absolute atomic E-state index is 0.140. The lowest BCUT2D eigenvalue weighted by Crippen LogP contribution is -2.17. The number of pyridine rings is 1. The molecular formula is C12H12FN3O2S. The van der Waals surface area contributed by atoms with Crippen LogP contribution in [0.15, 0.2) is 41.6 Å². The van der Waals surface area contributed by atoms with Crippen molar-refractivity contribution in [1.29, 1.82) is 0 Å². The van der Waals surface area contributed by atoms with Crippen molar-refractivity contribution in [2.24, 2.45) is 0 Å². The average Bonchev–Trinajstić information content (AvgIpc) is 2.31. The number of hydrogen-bond acceptors (Lipinski definition) is 4. The van der Waals surface area contributed by atoms with E-state index in [0.29, 0.717) is 11.3 Å². The fourth-order valence-electron chi connectivity index (χ4n) is 1.59. The molecule has 0 unspecified atom stereocenters. The van der Waals surface area contributed by atoms with E-state index in [1.165, 1.54) is 30.6 Å². The molecule has 0 saturated carbocycles. The molecule has 0 amide bonds. The summed E-state index contributed by atoms with van der Waals surface area (Å²) >= 11 is 0. The molecule has 0 atom stereocenters. The van der Waals surface area contributed by atoms with Crippen molar-refractivity contribution in [3.8, 4) is 0 Å². The van der Waals surface area contributed by atoms with Crippen LogP contribution in [0.3, 0.4) is 0 Å². The van der Waals surface area contributed by atoms with E-state index in [4.69, 9.17) is 5.73 Å². The van der Waals surface area contributed by atoms with Crippen molar-refractivity contribution in [2.45, 2.75) is 11.8 Å². The summed E-state index contributed by atoms with van der Waals surface area (Å²) in [6.07, 6.45) is 2.94. The van der Waals surface area contributed by atoms with E-state index in [1.54, 1.807) is 6.92 Å². The first-order valence-corrected chi connectivity index (χ1v) is 6.87. The van der Waals surface area contributed by atoms with Gasteiger partial charge in [0.2, 0.25) is 0 Å². The van der Waals surface area contributed by atoms with Crippen LogP contribution in [0.2, 0.25) is 0 Å². The number of anilines is 2. The Labute approximate surface area is 110 Å². The molecule has 19 heavy (non-hydrogen) atoms. The zero-order chi connectivity index (χ0) is 14.0. The zero-order valence-electron chi connectivity index (χ0n) is 10.1. The summed E-state index contributed by atoms with van der Waals surface area (Å²) in [5.41, 5.74) is 6.35. The van der Waals surface area contributed by atoms with Crippen LogP contribution < -0.4 is 10.5 Å². The second kappa shape index (κ2) is 4.85. The average molecular weight is 281 g/mol. The molecule has 0 aliphatic heterocycles. The van der Waals surface area contributed by atoms with Crippen LogP contribution in [0.1, 0.15) is 5.56 Å². The molecule has 1 aromatic carbocycles. The molecule has 0 bridgehead atoms. The van der Waals surface area contributed by atoms with E-state index in [-0.39, 0.29) is 5.69 Å². The third-order valence-electron chi connectivity index (χ3n) is 2.53. The topological polar surface area (TPSA) is 85.1 Å². The van der Waals surface area contributed by atoms with Crippen molar-refractivity contribution in [1.82, 2.24) is 4.98 Å². The van der Waals surface area contributed by atoms with Gasteiger partial charge in [0.05, 0.1) is 11.4 Å². The van der Waals surface area contributed by atoms with Gasteiger partial charge in [-0.25, -0.2) is 12.8 Å². The van der Waals surface area contributed by atoms with Crippen LogP contribution in [0, 0.1) is 12.7 Å². The van der Waals surface area contributed by atoms with Gasteiger partial charge in [-0.1, -0.05) is 6.07 Å². The number of sulfonamides is 1. The number of nitrogen functional groups attached to an aromatic ring is 1. The van der Waals surface area contributed by atoms with E-state index < -0.39 is 20.7 Å². The first-order valence-electron chi connectivity index (χ1n) is 5.39. The molecular weight excluding hydrogens is 269 g/mol. The van der Waals surface area contributed by atoms with E-state index in [9.17, 15) is 12.8 Å². The van der Waals surface area contributed by atoms with Crippen LogP contribution in [-0.2, 0) is 10.0 Å². The number of benzene rings is 1. The number of aryl methyl sites for hydroxylation is 1. The first-order chi connectivity index (χ1) is 8.92. The maximum Gasteiger partial charge on any atom is 0.266 e. The lowest BCUT2D eigenvalue weighted by atomic mass is 10.3. The van der Waals surface area contributed by atoms with Gasteiger partial charge < -0.3 is 5.73 Å². The molecule has 2 aromatic rings. The number of rotatable bonds is 3. The number of aromatic nitrogens is 1. The van der Waals surface area contributed by atoms with Gasteiger partial charge in [-0.3, -0.25) is 9.71 Å². The largest absolute Gasteiger partial charge is 0.398 e. The maximum absolute atomic E-state index is 13.6. The smallest absolute Gasteiger partial charge is 0.266 e. The van der Waals surface area contributed by atoms with Crippen molar-refractivity contribution >= 4 is 21.4 Å². The highest BCUT2D eigenvalue weighted by atomic mass is 32.2. The second-order valence-corrected chi connectivity index (χ2v) is 5.57. The summed E-state index contributed by atoms with van der Waals surface area (Å²) in [6, 6.07) is 5.21. The summed E-state index contributed by atoms with van der Waals surface area (Å²) < 4.78 is 40.2. The molecule has 0 radical (unpaired) electrons. The van der Waals surface area contributed by atoms with Gasteiger partial charge >= 0.3 is 0 Å². The normalized spacial score (nSPS) is 11.3. The van der Waals surface area contributed by atoms with Gasteiger partial charge in [0.25, 0.3) is 10.0 Å². The Bertz CT molecular complexity index is 696. The number of nitrogens with one attached hydrogen (secondary N) is 1. The van der Waals surface area contributed by atoms with Crippen LogP contribution in [0.25, 0.3) is 0 Å². The fraction of sp³-hybridized carbons (Fsp3) is 0.0833. The van der Waals surface area contributed by atoms with Crippen LogP contribution in [0.4, 0.5) is 15.8 Å². The number of halogens is 1. The molecule has 5 nitrogen and oxygen atoms in total. The van der Waals surface area contributed by atoms with Gasteiger partial charge in [0.15, 0.2) is 0 Å². The third-order valence-corrected chi connectivity index (χ3v) is 3.99. The van der Waals surface area contributed by atoms with E-state index in [1.807, 2.05) is 0 Å². The number of nitrogens with zero attached hydrogens (tertiary/aromatic N) is 1. The highest BCUT2D eigenvalue weighted by molar-refractivity contribution is 7.92. The van der Waals surface area contributed by atoms with E-state index in [2.05, 4.69) is 9.71 Å². The Kier molecular flexibility index (Phi) is 3.39. The molecule has 1 aromatic heterocycles. The minimum atomic E-state index is -4.07. The minimum Gasteiger partial charge on any atom is -0.398 e. The lowest BCUT2D eigenvalue weighted by Gasteiger charge is -2.12. The van der Waals surface area contributed by atoms with Crippen molar-refractivity contribution in [2.75, 3.05) is 10.5 Å². The van der Waals surface area contributed by atoms with Crippen LogP contribution in [0.5, 0.6) is 0 Å². The number of nitrogens with two attached hydrogens (primary N) is 1. The summed E-state index contributed by atoms with van der Waals surface area (Å²) in [5, 5.41) is 0. The Morgan fingerprint density at radius 1 is 1.32 bits per heavy atom. The Morgan fingerprint density at radius 2 is 2.05 bits per heavy atom. The molecule has 0 saturated heterocycles. The maximum atomic E-state index is 13.6. The van der Waals surface area contributed by atoms with Crippen LogP contribution in [-0.4, -0.2) is 13.4 Å². The number of hydrogen-bond donors (Lipinski definition) is 2. The quantitative estimate of drug-likeness (QED) is 0.842. The standard InChI is InChI=1S/C12H12FN3O2S/c1-8-7-15-6-5-11(8)16-19(17,18)12-9(13)3-2-4-10(12)14/h2-7H,14H2,1H3,(H,15,16). The Balaban J connectivity index is 2.47. The highest BCUT2D eigenvalue weighted by Crippen LogP contribution is 2.25. The van der Waals surface area contributed by atoms with Gasteiger partial charge in [-0.2, -0.15) is 0 Å². The third kappa shape index (κ3) is 2.65. The van der Waals surface area contributed by atoms with Gasteiger partial charge in [0.1, 0.15) is 10.7 Å². The zero-order valence-corrected chi connectivity index (χ0v) is 10.9. The molecule has 3 N–H and O–H groups in total. The molecule has 7 heteroatoms. The van der Waals surface area contributed by atoms with Gasteiger partial charge in [-0.05, 0) is 30.7 Å². The molecule has 0 aliphatic rings.